The van der Waals surface area contributed by atoms with Gasteiger partial charge < -0.3 is 4.57 Å². The van der Waals surface area contributed by atoms with Crippen molar-refractivity contribution in [1.29, 1.82) is 0 Å². The molecule has 1 aromatic carbocycles. The maximum absolute atomic E-state index is 11.7. The minimum atomic E-state index is -3.76. The van der Waals surface area contributed by atoms with Crippen LogP contribution in [0.15, 0.2) is 59.8 Å². The molecule has 0 unspecified atom stereocenters. The molecule has 2 aromatic heterocycles. The minimum absolute atomic E-state index is 0.154. The molecule has 0 amide bonds. The second-order valence-electron chi connectivity index (χ2n) is 4.71. The van der Waals surface area contributed by atoms with Crippen LogP contribution < -0.4 is 0 Å². The van der Waals surface area contributed by atoms with Crippen LogP contribution in [-0.4, -0.2) is 18.0 Å². The third kappa shape index (κ3) is 2.94. The lowest BCUT2D eigenvalue weighted by atomic mass is 10.2. The van der Waals surface area contributed by atoms with Crippen LogP contribution in [0.2, 0.25) is 0 Å². The van der Waals surface area contributed by atoms with Crippen LogP contribution in [-0.2, 0) is 22.0 Å². The van der Waals surface area contributed by atoms with E-state index in [2.05, 4.69) is 4.98 Å². The van der Waals surface area contributed by atoms with Gasteiger partial charge in [0.05, 0.1) is 0 Å². The van der Waals surface area contributed by atoms with E-state index in [9.17, 15) is 8.42 Å². The number of benzene rings is 1. The molecule has 0 spiro atoms. The molecule has 0 fully saturated rings. The fourth-order valence-corrected chi connectivity index (χ4v) is 3.43. The number of aryl methyl sites for hydroxylation is 2. The van der Waals surface area contributed by atoms with E-state index in [0.29, 0.717) is 11.9 Å². The van der Waals surface area contributed by atoms with E-state index in [1.165, 1.54) is 0 Å². The molecule has 21 heavy (non-hydrogen) atoms. The summed E-state index contributed by atoms with van der Waals surface area (Å²) >= 11 is 0. The topological polar surface area (TPSA) is 52.0 Å². The Morgan fingerprint density at radius 3 is 2.57 bits per heavy atom. The van der Waals surface area contributed by atoms with Crippen LogP contribution in [0.25, 0.3) is 10.9 Å². The quantitative estimate of drug-likeness (QED) is 0.694. The monoisotopic (exact) mass is 320 g/mol. The van der Waals surface area contributed by atoms with E-state index < -0.39 is 9.05 Å². The number of hydrogen-bond donors (Lipinski definition) is 0. The average Bonchev–Trinajstić information content (AvgIpc) is 2.85. The van der Waals surface area contributed by atoms with Crippen molar-refractivity contribution in [1.82, 2.24) is 9.55 Å². The summed E-state index contributed by atoms with van der Waals surface area (Å²) in [5.41, 5.74) is 1.82. The first kappa shape index (κ1) is 14.1. The minimum Gasteiger partial charge on any atom is -0.346 e. The van der Waals surface area contributed by atoms with Crippen LogP contribution in [0.4, 0.5) is 0 Å². The first-order chi connectivity index (χ1) is 10.1. The molecule has 3 aromatic rings. The Kier molecular flexibility index (Phi) is 3.69. The van der Waals surface area contributed by atoms with Crippen LogP contribution >= 0.6 is 10.7 Å². The molecule has 108 valence electrons. The Balaban J connectivity index is 1.99. The highest BCUT2D eigenvalue weighted by molar-refractivity contribution is 8.14. The summed E-state index contributed by atoms with van der Waals surface area (Å²) in [6.45, 7) is 0.643. The van der Waals surface area contributed by atoms with Gasteiger partial charge in [-0.15, -0.1) is 0 Å². The zero-order chi connectivity index (χ0) is 14.9. The van der Waals surface area contributed by atoms with Gasteiger partial charge in [-0.1, -0.05) is 24.3 Å². The first-order valence-electron chi connectivity index (χ1n) is 6.48. The molecular formula is C15H13ClN2O2S. The second-order valence-corrected chi connectivity index (χ2v) is 7.25. The molecule has 0 bridgehead atoms. The average molecular weight is 321 g/mol. The molecule has 0 aliphatic rings. The van der Waals surface area contributed by atoms with Crippen LogP contribution in [0.3, 0.4) is 0 Å². The number of rotatable bonds is 4. The van der Waals surface area contributed by atoms with Crippen LogP contribution in [0.1, 0.15) is 5.69 Å². The first-order valence-corrected chi connectivity index (χ1v) is 8.79. The van der Waals surface area contributed by atoms with Gasteiger partial charge in [-0.3, -0.25) is 4.98 Å². The molecule has 0 radical (unpaired) electrons. The zero-order valence-corrected chi connectivity index (χ0v) is 12.7. The smallest absolute Gasteiger partial charge is 0.263 e. The van der Waals surface area contributed by atoms with Crippen molar-refractivity contribution < 1.29 is 8.42 Å². The summed E-state index contributed by atoms with van der Waals surface area (Å²) in [5.74, 6) is 0. The van der Waals surface area contributed by atoms with Gasteiger partial charge in [-0.25, -0.2) is 8.42 Å². The molecular weight excluding hydrogens is 308 g/mol. The maximum Gasteiger partial charge on any atom is 0.263 e. The highest BCUT2D eigenvalue weighted by Crippen LogP contribution is 2.28. The molecule has 4 nitrogen and oxygen atoms in total. The number of nitrogens with zero attached hydrogens (tertiary/aromatic N) is 2. The number of halogens is 1. The Labute approximate surface area is 127 Å². The second kappa shape index (κ2) is 5.50. The van der Waals surface area contributed by atoms with Crippen LogP contribution in [0.5, 0.6) is 0 Å². The van der Waals surface area contributed by atoms with Gasteiger partial charge in [0.25, 0.3) is 9.05 Å². The molecule has 2 heterocycles. The summed E-state index contributed by atoms with van der Waals surface area (Å²) in [6.07, 6.45) is 4.06. The third-order valence-corrected chi connectivity index (χ3v) is 4.70. The largest absolute Gasteiger partial charge is 0.346 e. The molecule has 0 saturated heterocycles. The fraction of sp³-hybridized carbons (Fsp3) is 0.133. The molecule has 0 saturated carbocycles. The maximum atomic E-state index is 11.7. The standard InChI is InChI=1S/C15H13ClN2O2S/c16-21(19,20)15-11-18(14-7-2-1-6-13(14)15)10-8-12-5-3-4-9-17-12/h1-7,9,11H,8,10H2. The van der Waals surface area contributed by atoms with Crippen molar-refractivity contribution in [3.8, 4) is 0 Å². The van der Waals surface area contributed by atoms with Gasteiger partial charge in [-0.05, 0) is 18.2 Å². The molecule has 0 aliphatic heterocycles. The fourth-order valence-electron chi connectivity index (χ4n) is 2.37. The van der Waals surface area contributed by atoms with Crippen molar-refractivity contribution in [2.45, 2.75) is 17.9 Å². The van der Waals surface area contributed by atoms with E-state index in [0.717, 1.165) is 17.6 Å². The number of para-hydroxylation sites is 1. The van der Waals surface area contributed by atoms with E-state index >= 15 is 0 Å². The van der Waals surface area contributed by atoms with Gasteiger partial charge in [0.2, 0.25) is 0 Å². The van der Waals surface area contributed by atoms with E-state index in [1.54, 1.807) is 24.5 Å². The van der Waals surface area contributed by atoms with E-state index in [4.69, 9.17) is 10.7 Å². The van der Waals surface area contributed by atoms with Crippen molar-refractivity contribution in [3.63, 3.8) is 0 Å². The highest BCUT2D eigenvalue weighted by Gasteiger charge is 2.18. The normalized spacial score (nSPS) is 11.9. The molecule has 0 aliphatic carbocycles. The SMILES string of the molecule is O=S(=O)(Cl)c1cn(CCc2ccccn2)c2ccccc12. The molecule has 3 rings (SSSR count). The molecule has 0 atom stereocenters. The van der Waals surface area contributed by atoms with E-state index in [1.807, 2.05) is 34.9 Å². The summed E-state index contributed by atoms with van der Waals surface area (Å²) in [4.78, 5) is 4.43. The predicted molar refractivity (Wildman–Crippen MR) is 82.9 cm³/mol. The zero-order valence-electron chi connectivity index (χ0n) is 11.1. The number of aromatic nitrogens is 2. The number of hydrogen-bond acceptors (Lipinski definition) is 3. The van der Waals surface area contributed by atoms with Crippen molar-refractivity contribution >= 4 is 30.6 Å². The van der Waals surface area contributed by atoms with Crippen molar-refractivity contribution in [2.75, 3.05) is 0 Å². The molecule has 6 heteroatoms. The summed E-state index contributed by atoms with van der Waals surface area (Å²) < 4.78 is 25.3. The number of fused-ring (bicyclic) bond motifs is 1. The molecule has 0 N–H and O–H groups in total. The Morgan fingerprint density at radius 2 is 1.86 bits per heavy atom. The van der Waals surface area contributed by atoms with Gasteiger partial charge in [-0.2, -0.15) is 0 Å². The van der Waals surface area contributed by atoms with E-state index in [-0.39, 0.29) is 4.90 Å². The van der Waals surface area contributed by atoms with Crippen LogP contribution in [0, 0.1) is 0 Å². The lowest BCUT2D eigenvalue weighted by Crippen LogP contribution is -2.01. The van der Waals surface area contributed by atoms with Gasteiger partial charge in [0, 0.05) is 52.6 Å². The Hall–Kier alpha value is -1.85. The Morgan fingerprint density at radius 1 is 1.10 bits per heavy atom. The summed E-state index contributed by atoms with van der Waals surface area (Å²) in [5, 5.41) is 0.647. The lowest BCUT2D eigenvalue weighted by molar-refractivity contribution is 0.609. The van der Waals surface area contributed by atoms with Gasteiger partial charge in [0.1, 0.15) is 4.90 Å². The lowest BCUT2D eigenvalue weighted by Gasteiger charge is -2.04. The predicted octanol–water partition coefficient (Wildman–Crippen LogP) is 3.21. The van der Waals surface area contributed by atoms with Crippen molar-refractivity contribution in [3.05, 3.63) is 60.6 Å². The summed E-state index contributed by atoms with van der Waals surface area (Å²) in [7, 11) is 1.76. The van der Waals surface area contributed by atoms with Gasteiger partial charge >= 0.3 is 0 Å². The van der Waals surface area contributed by atoms with Gasteiger partial charge in [0.15, 0.2) is 0 Å². The van der Waals surface area contributed by atoms with Crippen molar-refractivity contribution in [2.24, 2.45) is 0 Å². The third-order valence-electron chi connectivity index (χ3n) is 3.35. The number of pyridine rings is 1. The highest BCUT2D eigenvalue weighted by atomic mass is 35.7. The summed E-state index contributed by atoms with van der Waals surface area (Å²) in [6, 6.07) is 13.1. The Bertz CT molecular complexity index is 873.